The molecular formula is C6H12N2OS. The fourth-order valence-corrected chi connectivity index (χ4v) is 1.24. The third kappa shape index (κ3) is 1.82. The van der Waals surface area contributed by atoms with Crippen molar-refractivity contribution in [3.63, 3.8) is 0 Å². The van der Waals surface area contributed by atoms with Crippen LogP contribution >= 0.6 is 12.2 Å². The molecule has 0 aromatic heterocycles. The zero-order valence-electron chi connectivity index (χ0n) is 5.96. The number of rotatable bonds is 2. The molecule has 1 aliphatic carbocycles. The summed E-state index contributed by atoms with van der Waals surface area (Å²) in [5, 5.41) is 3.36. The molecule has 0 bridgehead atoms. The van der Waals surface area contributed by atoms with Crippen LogP contribution < -0.4 is 11.1 Å². The molecule has 1 saturated carbocycles. The number of ether oxygens (including phenoxy) is 1. The van der Waals surface area contributed by atoms with Crippen LogP contribution in [0.3, 0.4) is 0 Å². The lowest BCUT2D eigenvalue weighted by molar-refractivity contribution is 0.0227. The van der Waals surface area contributed by atoms with Gasteiger partial charge in [-0.3, -0.25) is 0 Å². The van der Waals surface area contributed by atoms with Crippen molar-refractivity contribution in [3.8, 4) is 0 Å². The van der Waals surface area contributed by atoms with Gasteiger partial charge in [0.2, 0.25) is 0 Å². The monoisotopic (exact) mass is 160 g/mol. The van der Waals surface area contributed by atoms with Gasteiger partial charge in [0.05, 0.1) is 6.10 Å². The summed E-state index contributed by atoms with van der Waals surface area (Å²) in [4.78, 5) is 0. The summed E-state index contributed by atoms with van der Waals surface area (Å²) in [6.45, 7) is 0. The van der Waals surface area contributed by atoms with Gasteiger partial charge in [-0.15, -0.1) is 0 Å². The van der Waals surface area contributed by atoms with Crippen LogP contribution in [0, 0.1) is 0 Å². The van der Waals surface area contributed by atoms with Crippen molar-refractivity contribution < 1.29 is 4.74 Å². The molecule has 0 amide bonds. The molecule has 0 radical (unpaired) electrons. The number of nitrogens with one attached hydrogen (secondary N) is 1. The van der Waals surface area contributed by atoms with Crippen LogP contribution in [0.4, 0.5) is 0 Å². The number of hydrogen-bond donors (Lipinski definition) is 2. The van der Waals surface area contributed by atoms with Gasteiger partial charge >= 0.3 is 0 Å². The Morgan fingerprint density at radius 2 is 2.30 bits per heavy atom. The van der Waals surface area contributed by atoms with E-state index in [0.29, 0.717) is 17.3 Å². The van der Waals surface area contributed by atoms with E-state index in [1.807, 2.05) is 0 Å². The van der Waals surface area contributed by atoms with Crippen molar-refractivity contribution in [2.75, 3.05) is 7.11 Å². The molecule has 0 saturated heterocycles. The second-order valence-corrected chi connectivity index (χ2v) is 2.97. The van der Waals surface area contributed by atoms with Crippen LogP contribution in [-0.4, -0.2) is 24.4 Å². The number of hydrogen-bond acceptors (Lipinski definition) is 2. The van der Waals surface area contributed by atoms with E-state index in [2.05, 4.69) is 17.5 Å². The molecule has 58 valence electrons. The van der Waals surface area contributed by atoms with Gasteiger partial charge < -0.3 is 15.8 Å². The van der Waals surface area contributed by atoms with Crippen molar-refractivity contribution in [2.24, 2.45) is 5.73 Å². The molecule has 3 N–H and O–H groups in total. The van der Waals surface area contributed by atoms with Gasteiger partial charge in [-0.1, -0.05) is 0 Å². The largest absolute Gasteiger partial charge is 0.381 e. The molecule has 1 fully saturated rings. The summed E-state index contributed by atoms with van der Waals surface area (Å²) in [5.74, 6) is 0. The first-order chi connectivity index (χ1) is 4.72. The fraction of sp³-hybridized carbons (Fsp3) is 0.833. The van der Waals surface area contributed by atoms with Crippen LogP contribution in [0.1, 0.15) is 12.8 Å². The van der Waals surface area contributed by atoms with Crippen LogP contribution in [-0.2, 0) is 4.74 Å². The Kier molecular flexibility index (Phi) is 2.45. The van der Waals surface area contributed by atoms with Crippen molar-refractivity contribution >= 4 is 17.3 Å². The molecule has 4 heteroatoms. The second-order valence-electron chi connectivity index (χ2n) is 2.53. The Balaban J connectivity index is 2.08. The van der Waals surface area contributed by atoms with Gasteiger partial charge in [0.15, 0.2) is 5.11 Å². The molecule has 0 unspecified atom stereocenters. The Bertz CT molecular complexity index is 134. The smallest absolute Gasteiger partial charge is 0.163 e. The number of methoxy groups -OCH3 is 1. The maximum Gasteiger partial charge on any atom is 0.163 e. The summed E-state index contributed by atoms with van der Waals surface area (Å²) in [7, 11) is 1.72. The summed E-state index contributed by atoms with van der Waals surface area (Å²) in [5.41, 5.74) is 5.27. The molecule has 0 atom stereocenters. The lowest BCUT2D eigenvalue weighted by Crippen LogP contribution is -2.49. The van der Waals surface area contributed by atoms with E-state index in [1.165, 1.54) is 0 Å². The highest BCUT2D eigenvalue weighted by molar-refractivity contribution is 7.80. The third-order valence-electron chi connectivity index (χ3n) is 1.77. The topological polar surface area (TPSA) is 47.3 Å². The minimum absolute atomic E-state index is 0.388. The summed E-state index contributed by atoms with van der Waals surface area (Å²) >= 11 is 4.67. The summed E-state index contributed by atoms with van der Waals surface area (Å²) in [6.07, 6.45) is 2.45. The maximum atomic E-state index is 5.27. The molecule has 10 heavy (non-hydrogen) atoms. The molecule has 1 aliphatic rings. The number of nitrogens with two attached hydrogens (primary N) is 1. The Hall–Kier alpha value is -0.350. The van der Waals surface area contributed by atoms with Gasteiger partial charge in [0.1, 0.15) is 0 Å². The van der Waals surface area contributed by atoms with E-state index >= 15 is 0 Å². The maximum absolute atomic E-state index is 5.27. The molecule has 0 aliphatic heterocycles. The number of thiocarbonyl (C=S) groups is 1. The highest BCUT2D eigenvalue weighted by Gasteiger charge is 2.28. The predicted octanol–water partition coefficient (Wildman–Crippen LogP) is -0.00300. The van der Waals surface area contributed by atoms with Crippen LogP contribution in [0.25, 0.3) is 0 Å². The van der Waals surface area contributed by atoms with E-state index < -0.39 is 0 Å². The SMILES string of the molecule is COC1CC(NC(N)=S)C1. The molecular weight excluding hydrogens is 148 g/mol. The first-order valence-electron chi connectivity index (χ1n) is 3.31. The molecule has 3 nitrogen and oxygen atoms in total. The highest BCUT2D eigenvalue weighted by Crippen LogP contribution is 2.21. The van der Waals surface area contributed by atoms with Crippen LogP contribution in [0.15, 0.2) is 0 Å². The second kappa shape index (κ2) is 3.16. The Morgan fingerprint density at radius 3 is 2.70 bits per heavy atom. The molecule has 0 aromatic rings. The first kappa shape index (κ1) is 7.75. The van der Waals surface area contributed by atoms with Gasteiger partial charge in [0, 0.05) is 13.2 Å². The first-order valence-corrected chi connectivity index (χ1v) is 3.72. The molecule has 0 heterocycles. The fourth-order valence-electron chi connectivity index (χ4n) is 1.08. The van der Waals surface area contributed by atoms with Crippen molar-refractivity contribution in [2.45, 2.75) is 25.0 Å². The minimum atomic E-state index is 0.388. The molecule has 0 spiro atoms. The van der Waals surface area contributed by atoms with E-state index in [-0.39, 0.29) is 0 Å². The van der Waals surface area contributed by atoms with Gasteiger partial charge in [-0.2, -0.15) is 0 Å². The quantitative estimate of drug-likeness (QED) is 0.558. The summed E-state index contributed by atoms with van der Waals surface area (Å²) < 4.78 is 5.07. The molecule has 1 rings (SSSR count). The van der Waals surface area contributed by atoms with Gasteiger partial charge in [-0.25, -0.2) is 0 Å². The summed E-state index contributed by atoms with van der Waals surface area (Å²) in [6, 6.07) is 0.447. The zero-order valence-corrected chi connectivity index (χ0v) is 6.78. The van der Waals surface area contributed by atoms with E-state index in [0.717, 1.165) is 12.8 Å². The van der Waals surface area contributed by atoms with E-state index in [9.17, 15) is 0 Å². The normalized spacial score (nSPS) is 30.9. The van der Waals surface area contributed by atoms with Crippen molar-refractivity contribution in [1.29, 1.82) is 0 Å². The average Bonchev–Trinajstić information content (AvgIpc) is 1.76. The Morgan fingerprint density at radius 1 is 1.70 bits per heavy atom. The predicted molar refractivity (Wildman–Crippen MR) is 43.7 cm³/mol. The Labute approximate surface area is 65.9 Å². The third-order valence-corrected chi connectivity index (χ3v) is 1.89. The average molecular weight is 160 g/mol. The van der Waals surface area contributed by atoms with Gasteiger partial charge in [0.25, 0.3) is 0 Å². The lowest BCUT2D eigenvalue weighted by Gasteiger charge is -2.34. The van der Waals surface area contributed by atoms with Crippen molar-refractivity contribution in [3.05, 3.63) is 0 Å². The highest BCUT2D eigenvalue weighted by atomic mass is 32.1. The van der Waals surface area contributed by atoms with Crippen molar-refractivity contribution in [1.82, 2.24) is 5.32 Å². The van der Waals surface area contributed by atoms with Crippen LogP contribution in [0.5, 0.6) is 0 Å². The molecule has 0 aromatic carbocycles. The lowest BCUT2D eigenvalue weighted by atomic mass is 9.89. The van der Waals surface area contributed by atoms with E-state index in [4.69, 9.17) is 10.5 Å². The van der Waals surface area contributed by atoms with E-state index in [1.54, 1.807) is 7.11 Å². The van der Waals surface area contributed by atoms with Crippen LogP contribution in [0.2, 0.25) is 0 Å². The zero-order chi connectivity index (χ0) is 7.56. The standard InChI is InChI=1S/C6H12N2OS/c1-9-5-2-4(3-5)8-6(7)10/h4-5H,2-3H2,1H3,(H3,7,8,10). The minimum Gasteiger partial charge on any atom is -0.381 e. The van der Waals surface area contributed by atoms with Gasteiger partial charge in [-0.05, 0) is 25.1 Å².